The second kappa shape index (κ2) is 4.63. The van der Waals surface area contributed by atoms with Crippen LogP contribution in [0.3, 0.4) is 0 Å². The standard InChI is InChI=1S/C10H11BrF3NO/c1-9(16,10(12,13)14)6-15-8-4-2-3-7(11)5-8/h2-5,15-16H,6H2,1H3. The Morgan fingerprint density at radius 2 is 2.00 bits per heavy atom. The molecule has 0 saturated heterocycles. The maximum absolute atomic E-state index is 12.3. The number of rotatable bonds is 3. The van der Waals surface area contributed by atoms with Crippen LogP contribution in [0.2, 0.25) is 0 Å². The molecule has 0 bridgehead atoms. The lowest BCUT2D eigenvalue weighted by Gasteiger charge is -2.26. The molecule has 1 aromatic carbocycles. The number of halogens is 4. The fourth-order valence-electron chi connectivity index (χ4n) is 0.973. The minimum atomic E-state index is -4.65. The molecule has 1 unspecified atom stereocenters. The summed E-state index contributed by atoms with van der Waals surface area (Å²) in [5, 5.41) is 11.7. The molecular weight excluding hydrogens is 287 g/mol. The van der Waals surface area contributed by atoms with E-state index in [1.165, 1.54) is 0 Å². The van der Waals surface area contributed by atoms with E-state index in [1.807, 2.05) is 0 Å². The van der Waals surface area contributed by atoms with E-state index in [9.17, 15) is 18.3 Å². The quantitative estimate of drug-likeness (QED) is 0.898. The first-order chi connectivity index (χ1) is 7.22. The zero-order chi connectivity index (χ0) is 12.4. The molecule has 0 spiro atoms. The van der Waals surface area contributed by atoms with Crippen molar-refractivity contribution in [3.8, 4) is 0 Å². The Hall–Kier alpha value is -0.750. The highest BCUT2D eigenvalue weighted by atomic mass is 79.9. The van der Waals surface area contributed by atoms with Gasteiger partial charge in [0.2, 0.25) is 0 Å². The summed E-state index contributed by atoms with van der Waals surface area (Å²) >= 11 is 3.20. The van der Waals surface area contributed by atoms with Crippen LogP contribution in [0.25, 0.3) is 0 Å². The van der Waals surface area contributed by atoms with Gasteiger partial charge in [-0.1, -0.05) is 22.0 Å². The molecule has 6 heteroatoms. The van der Waals surface area contributed by atoms with E-state index in [1.54, 1.807) is 24.3 Å². The Kier molecular flexibility index (Phi) is 3.85. The van der Waals surface area contributed by atoms with E-state index in [2.05, 4.69) is 21.2 Å². The van der Waals surface area contributed by atoms with Gasteiger partial charge in [0.25, 0.3) is 0 Å². The van der Waals surface area contributed by atoms with Crippen LogP contribution in [0.15, 0.2) is 28.7 Å². The number of nitrogens with one attached hydrogen (secondary N) is 1. The molecule has 16 heavy (non-hydrogen) atoms. The largest absolute Gasteiger partial charge is 0.418 e. The Labute approximate surface area is 99.6 Å². The summed E-state index contributed by atoms with van der Waals surface area (Å²) in [7, 11) is 0. The number of hydrogen-bond acceptors (Lipinski definition) is 2. The monoisotopic (exact) mass is 297 g/mol. The molecule has 0 aromatic heterocycles. The Morgan fingerprint density at radius 3 is 2.50 bits per heavy atom. The first kappa shape index (κ1) is 13.3. The summed E-state index contributed by atoms with van der Waals surface area (Å²) in [6.45, 7) is 0.144. The van der Waals surface area contributed by atoms with Crippen LogP contribution < -0.4 is 5.32 Å². The molecule has 90 valence electrons. The van der Waals surface area contributed by atoms with Crippen LogP contribution in [-0.4, -0.2) is 23.4 Å². The number of hydrogen-bond donors (Lipinski definition) is 2. The van der Waals surface area contributed by atoms with Gasteiger partial charge in [0.05, 0.1) is 6.54 Å². The smallest absolute Gasteiger partial charge is 0.382 e. The Morgan fingerprint density at radius 1 is 1.38 bits per heavy atom. The molecule has 0 heterocycles. The highest BCUT2D eigenvalue weighted by Crippen LogP contribution is 2.30. The van der Waals surface area contributed by atoms with Gasteiger partial charge in [-0.05, 0) is 25.1 Å². The highest BCUT2D eigenvalue weighted by Gasteiger charge is 2.49. The molecule has 0 fully saturated rings. The molecule has 0 saturated carbocycles. The number of benzene rings is 1. The Balaban J connectivity index is 2.65. The maximum Gasteiger partial charge on any atom is 0.418 e. The summed E-state index contributed by atoms with van der Waals surface area (Å²) in [6, 6.07) is 6.70. The average molecular weight is 298 g/mol. The summed E-state index contributed by atoms with van der Waals surface area (Å²) < 4.78 is 37.7. The predicted octanol–water partition coefficient (Wildman–Crippen LogP) is 3.17. The van der Waals surface area contributed by atoms with Crippen LogP contribution in [0.5, 0.6) is 0 Å². The van der Waals surface area contributed by atoms with Crippen LogP contribution in [0, 0.1) is 0 Å². The van der Waals surface area contributed by atoms with Gasteiger partial charge < -0.3 is 10.4 Å². The van der Waals surface area contributed by atoms with Crippen molar-refractivity contribution in [2.45, 2.75) is 18.7 Å². The van der Waals surface area contributed by atoms with Crippen LogP contribution in [0.1, 0.15) is 6.92 Å². The van der Waals surface area contributed by atoms with Crippen molar-refractivity contribution in [2.75, 3.05) is 11.9 Å². The van der Waals surface area contributed by atoms with Gasteiger partial charge in [-0.25, -0.2) is 0 Å². The van der Waals surface area contributed by atoms with E-state index < -0.39 is 18.3 Å². The van der Waals surface area contributed by atoms with E-state index in [4.69, 9.17) is 0 Å². The molecule has 0 aliphatic carbocycles. The number of anilines is 1. The SMILES string of the molecule is CC(O)(CNc1cccc(Br)c1)C(F)(F)F. The van der Waals surface area contributed by atoms with Gasteiger partial charge in [0, 0.05) is 10.2 Å². The van der Waals surface area contributed by atoms with Crippen molar-refractivity contribution in [3.05, 3.63) is 28.7 Å². The zero-order valence-electron chi connectivity index (χ0n) is 8.48. The predicted molar refractivity (Wildman–Crippen MR) is 59.3 cm³/mol. The van der Waals surface area contributed by atoms with Crippen LogP contribution in [0.4, 0.5) is 18.9 Å². The third kappa shape index (κ3) is 3.38. The maximum atomic E-state index is 12.3. The second-order valence-corrected chi connectivity index (χ2v) is 4.55. The second-order valence-electron chi connectivity index (χ2n) is 3.64. The fraction of sp³-hybridized carbons (Fsp3) is 0.400. The molecule has 0 aliphatic heterocycles. The van der Waals surface area contributed by atoms with Crippen molar-refractivity contribution < 1.29 is 18.3 Å². The van der Waals surface area contributed by atoms with Crippen molar-refractivity contribution >= 4 is 21.6 Å². The molecule has 2 N–H and O–H groups in total. The van der Waals surface area contributed by atoms with E-state index in [0.29, 0.717) is 5.69 Å². The van der Waals surface area contributed by atoms with Gasteiger partial charge in [-0.3, -0.25) is 0 Å². The van der Waals surface area contributed by atoms with Crippen molar-refractivity contribution in [3.63, 3.8) is 0 Å². The lowest BCUT2D eigenvalue weighted by molar-refractivity contribution is -0.246. The summed E-state index contributed by atoms with van der Waals surface area (Å²) in [6.07, 6.45) is -4.65. The first-order valence-electron chi connectivity index (χ1n) is 4.51. The number of aliphatic hydroxyl groups is 1. The molecule has 1 atom stereocenters. The lowest BCUT2D eigenvalue weighted by atomic mass is 10.1. The minimum Gasteiger partial charge on any atom is -0.382 e. The third-order valence-corrected chi connectivity index (χ3v) is 2.57. The van der Waals surface area contributed by atoms with Crippen molar-refractivity contribution in [1.82, 2.24) is 0 Å². The van der Waals surface area contributed by atoms with Crippen LogP contribution >= 0.6 is 15.9 Å². The zero-order valence-corrected chi connectivity index (χ0v) is 10.1. The summed E-state index contributed by atoms with van der Waals surface area (Å²) in [4.78, 5) is 0. The minimum absolute atomic E-state index is 0.513. The number of alkyl halides is 3. The molecule has 1 rings (SSSR count). The van der Waals surface area contributed by atoms with Gasteiger partial charge in [0.1, 0.15) is 0 Å². The van der Waals surface area contributed by atoms with Crippen LogP contribution in [-0.2, 0) is 0 Å². The van der Waals surface area contributed by atoms with E-state index in [0.717, 1.165) is 11.4 Å². The summed E-state index contributed by atoms with van der Waals surface area (Å²) in [5.74, 6) is 0. The average Bonchev–Trinajstić information content (AvgIpc) is 2.13. The van der Waals surface area contributed by atoms with E-state index >= 15 is 0 Å². The molecular formula is C10H11BrF3NO. The molecule has 2 nitrogen and oxygen atoms in total. The van der Waals surface area contributed by atoms with Crippen molar-refractivity contribution in [2.24, 2.45) is 0 Å². The normalized spacial score (nSPS) is 15.6. The fourth-order valence-corrected chi connectivity index (χ4v) is 1.37. The first-order valence-corrected chi connectivity index (χ1v) is 5.30. The molecule has 0 amide bonds. The third-order valence-electron chi connectivity index (χ3n) is 2.07. The van der Waals surface area contributed by atoms with Gasteiger partial charge in [-0.15, -0.1) is 0 Å². The highest BCUT2D eigenvalue weighted by molar-refractivity contribution is 9.10. The molecule has 0 radical (unpaired) electrons. The summed E-state index contributed by atoms with van der Waals surface area (Å²) in [5.41, 5.74) is -2.23. The van der Waals surface area contributed by atoms with Gasteiger partial charge >= 0.3 is 6.18 Å². The van der Waals surface area contributed by atoms with Gasteiger partial charge in [-0.2, -0.15) is 13.2 Å². The molecule has 0 aliphatic rings. The van der Waals surface area contributed by atoms with E-state index in [-0.39, 0.29) is 0 Å². The Bertz CT molecular complexity index is 365. The topological polar surface area (TPSA) is 32.3 Å². The van der Waals surface area contributed by atoms with Crippen molar-refractivity contribution in [1.29, 1.82) is 0 Å². The molecule has 1 aromatic rings. The van der Waals surface area contributed by atoms with Gasteiger partial charge in [0.15, 0.2) is 5.60 Å². The lowest BCUT2D eigenvalue weighted by Crippen LogP contribution is -2.47.